The Balaban J connectivity index is 2.43. The molecule has 4 aromatic rings. The average molecular weight is 244 g/mol. The number of phenols is 1. The maximum Gasteiger partial charge on any atom is 0.123 e. The van der Waals surface area contributed by atoms with Crippen molar-refractivity contribution in [3.05, 3.63) is 60.7 Å². The third-order valence-electron chi connectivity index (χ3n) is 3.90. The molecular weight excluding hydrogens is 232 g/mol. The molecule has 4 aromatic carbocycles. The van der Waals surface area contributed by atoms with Gasteiger partial charge in [-0.3, -0.25) is 0 Å². The molecule has 1 nitrogen and oxygen atoms in total. The highest BCUT2D eigenvalue weighted by Gasteiger charge is 2.11. The van der Waals surface area contributed by atoms with Gasteiger partial charge in [-0.15, -0.1) is 0 Å². The van der Waals surface area contributed by atoms with Crippen LogP contribution in [0, 0.1) is 0 Å². The van der Waals surface area contributed by atoms with E-state index in [2.05, 4.69) is 36.9 Å². The minimum absolute atomic E-state index is 0.339. The fourth-order valence-corrected chi connectivity index (χ4v) is 2.99. The Hall–Kier alpha value is -2.54. The first-order valence-corrected chi connectivity index (χ1v) is 6.31. The Morgan fingerprint density at radius 3 is 2.05 bits per heavy atom. The number of rotatable bonds is 1. The minimum Gasteiger partial charge on any atom is -0.507 e. The van der Waals surface area contributed by atoms with E-state index in [-0.39, 0.29) is 0 Å². The summed E-state index contributed by atoms with van der Waals surface area (Å²) >= 11 is 0. The van der Waals surface area contributed by atoms with Gasteiger partial charge in [-0.05, 0) is 33.2 Å². The SMILES string of the molecule is C=Cc1ccc2ccc3c(O)ccc4ccc1c2c43. The highest BCUT2D eigenvalue weighted by molar-refractivity contribution is 6.25. The van der Waals surface area contributed by atoms with Crippen molar-refractivity contribution in [1.82, 2.24) is 0 Å². The van der Waals surface area contributed by atoms with Gasteiger partial charge in [-0.25, -0.2) is 0 Å². The second-order valence-electron chi connectivity index (χ2n) is 4.87. The van der Waals surface area contributed by atoms with Crippen molar-refractivity contribution in [2.75, 3.05) is 0 Å². The van der Waals surface area contributed by atoms with Crippen LogP contribution < -0.4 is 0 Å². The van der Waals surface area contributed by atoms with Crippen molar-refractivity contribution < 1.29 is 5.11 Å². The van der Waals surface area contributed by atoms with Crippen LogP contribution in [0.3, 0.4) is 0 Å². The zero-order valence-electron chi connectivity index (χ0n) is 10.4. The molecule has 0 fully saturated rings. The number of hydrogen-bond acceptors (Lipinski definition) is 1. The molecule has 0 saturated carbocycles. The van der Waals surface area contributed by atoms with Crippen molar-refractivity contribution in [3.63, 3.8) is 0 Å². The summed E-state index contributed by atoms with van der Waals surface area (Å²) in [6, 6.07) is 16.2. The molecule has 19 heavy (non-hydrogen) atoms. The van der Waals surface area contributed by atoms with Crippen LogP contribution in [-0.2, 0) is 0 Å². The lowest BCUT2D eigenvalue weighted by atomic mass is 9.91. The van der Waals surface area contributed by atoms with E-state index in [0.717, 1.165) is 21.7 Å². The lowest BCUT2D eigenvalue weighted by Crippen LogP contribution is -1.86. The van der Waals surface area contributed by atoms with Crippen LogP contribution >= 0.6 is 0 Å². The fourth-order valence-electron chi connectivity index (χ4n) is 2.99. The summed E-state index contributed by atoms with van der Waals surface area (Å²) in [5, 5.41) is 16.9. The maximum atomic E-state index is 10.1. The molecule has 1 heteroatoms. The summed E-state index contributed by atoms with van der Waals surface area (Å²) in [5.41, 5.74) is 1.13. The Kier molecular flexibility index (Phi) is 1.91. The van der Waals surface area contributed by atoms with E-state index in [0.29, 0.717) is 5.75 Å². The van der Waals surface area contributed by atoms with Gasteiger partial charge in [0.25, 0.3) is 0 Å². The predicted octanol–water partition coefficient (Wildman–Crippen LogP) is 4.93. The van der Waals surface area contributed by atoms with E-state index in [1.54, 1.807) is 6.07 Å². The molecule has 0 bridgehead atoms. The minimum atomic E-state index is 0.339. The van der Waals surface area contributed by atoms with Crippen LogP contribution in [0.15, 0.2) is 55.1 Å². The third kappa shape index (κ3) is 1.24. The van der Waals surface area contributed by atoms with E-state index >= 15 is 0 Å². The lowest BCUT2D eigenvalue weighted by molar-refractivity contribution is 0.482. The number of hydrogen-bond donors (Lipinski definition) is 1. The molecule has 4 rings (SSSR count). The number of aromatic hydroxyl groups is 1. The van der Waals surface area contributed by atoms with Gasteiger partial charge in [-0.1, -0.05) is 55.1 Å². The first kappa shape index (κ1) is 10.4. The second kappa shape index (κ2) is 3.48. The molecule has 0 atom stereocenters. The first-order valence-electron chi connectivity index (χ1n) is 6.31. The first-order chi connectivity index (χ1) is 9.29. The van der Waals surface area contributed by atoms with Crippen molar-refractivity contribution in [2.45, 2.75) is 0 Å². The van der Waals surface area contributed by atoms with Gasteiger partial charge in [-0.2, -0.15) is 0 Å². The largest absolute Gasteiger partial charge is 0.507 e. The topological polar surface area (TPSA) is 20.2 Å². The second-order valence-corrected chi connectivity index (χ2v) is 4.87. The van der Waals surface area contributed by atoms with Crippen LogP contribution in [0.5, 0.6) is 5.75 Å². The van der Waals surface area contributed by atoms with Gasteiger partial charge in [0, 0.05) is 10.8 Å². The monoisotopic (exact) mass is 244 g/mol. The summed E-state index contributed by atoms with van der Waals surface area (Å²) in [6.07, 6.45) is 1.88. The molecule has 0 aromatic heterocycles. The Morgan fingerprint density at radius 1 is 0.737 bits per heavy atom. The van der Waals surface area contributed by atoms with Gasteiger partial charge in [0.05, 0.1) is 0 Å². The van der Waals surface area contributed by atoms with Gasteiger partial charge in [0.1, 0.15) is 5.75 Å². The quantitative estimate of drug-likeness (QED) is 0.470. The highest BCUT2D eigenvalue weighted by atomic mass is 16.3. The Labute approximate surface area is 110 Å². The standard InChI is InChI=1S/C18H12O/c1-2-11-3-4-12-6-9-15-16(19)10-7-13-5-8-14(11)17(12)18(13)15/h2-10,19H,1H2. The van der Waals surface area contributed by atoms with Gasteiger partial charge >= 0.3 is 0 Å². The van der Waals surface area contributed by atoms with E-state index in [1.165, 1.54) is 16.2 Å². The summed E-state index contributed by atoms with van der Waals surface area (Å²) in [6.45, 7) is 3.88. The van der Waals surface area contributed by atoms with Crippen molar-refractivity contribution >= 4 is 38.4 Å². The molecule has 0 aliphatic rings. The van der Waals surface area contributed by atoms with E-state index < -0.39 is 0 Å². The maximum absolute atomic E-state index is 10.1. The van der Waals surface area contributed by atoms with Gasteiger partial charge in [0.15, 0.2) is 0 Å². The molecule has 0 saturated heterocycles. The van der Waals surface area contributed by atoms with E-state index in [4.69, 9.17) is 0 Å². The molecule has 0 heterocycles. The Bertz CT molecular complexity index is 934. The molecule has 0 amide bonds. The molecule has 0 spiro atoms. The zero-order chi connectivity index (χ0) is 13.0. The van der Waals surface area contributed by atoms with Crippen LogP contribution in [0.4, 0.5) is 0 Å². The molecule has 1 N–H and O–H groups in total. The number of phenolic OH excluding ortho intramolecular Hbond substituents is 1. The zero-order valence-corrected chi connectivity index (χ0v) is 10.4. The summed E-state index contributed by atoms with van der Waals surface area (Å²) < 4.78 is 0. The van der Waals surface area contributed by atoms with E-state index in [1.807, 2.05) is 18.2 Å². The van der Waals surface area contributed by atoms with E-state index in [9.17, 15) is 5.11 Å². The smallest absolute Gasteiger partial charge is 0.123 e. The van der Waals surface area contributed by atoms with Crippen molar-refractivity contribution in [3.8, 4) is 5.75 Å². The normalized spacial score (nSPS) is 11.6. The van der Waals surface area contributed by atoms with Gasteiger partial charge in [0.2, 0.25) is 0 Å². The molecule has 0 unspecified atom stereocenters. The molecular formula is C18H12O. The number of benzene rings is 4. The summed E-state index contributed by atoms with van der Waals surface area (Å²) in [7, 11) is 0. The fraction of sp³-hybridized carbons (Fsp3) is 0. The summed E-state index contributed by atoms with van der Waals surface area (Å²) in [5.74, 6) is 0.339. The third-order valence-corrected chi connectivity index (χ3v) is 3.90. The summed E-state index contributed by atoms with van der Waals surface area (Å²) in [4.78, 5) is 0. The van der Waals surface area contributed by atoms with Crippen molar-refractivity contribution in [2.24, 2.45) is 0 Å². The lowest BCUT2D eigenvalue weighted by Gasteiger charge is -2.13. The van der Waals surface area contributed by atoms with Crippen LogP contribution in [0.25, 0.3) is 38.4 Å². The highest BCUT2D eigenvalue weighted by Crippen LogP contribution is 2.39. The molecule has 0 aliphatic heterocycles. The molecule has 90 valence electrons. The van der Waals surface area contributed by atoms with Crippen LogP contribution in [-0.4, -0.2) is 5.11 Å². The Morgan fingerprint density at radius 2 is 1.32 bits per heavy atom. The molecule has 0 aliphatic carbocycles. The molecule has 0 radical (unpaired) electrons. The van der Waals surface area contributed by atoms with Gasteiger partial charge < -0.3 is 5.11 Å². The van der Waals surface area contributed by atoms with Crippen molar-refractivity contribution in [1.29, 1.82) is 0 Å². The van der Waals surface area contributed by atoms with Crippen LogP contribution in [0.1, 0.15) is 5.56 Å². The average Bonchev–Trinajstić information content (AvgIpc) is 2.46. The predicted molar refractivity (Wildman–Crippen MR) is 81.9 cm³/mol. The van der Waals surface area contributed by atoms with Crippen LogP contribution in [0.2, 0.25) is 0 Å².